The Morgan fingerprint density at radius 1 is 1.69 bits per heavy atom. The smallest absolute Gasteiger partial charge is 0.353 e. The highest BCUT2D eigenvalue weighted by atomic mass is 16.7. The standard InChI is InChI=1S/C8H12N2O3/c11-7(12)6-4-8(13-10-6)2-1-3-9-5-8/h9H,1-5H2,(H,11,12). The third-order valence-electron chi connectivity index (χ3n) is 2.52. The summed E-state index contributed by atoms with van der Waals surface area (Å²) in [7, 11) is 0. The lowest BCUT2D eigenvalue weighted by atomic mass is 9.89. The monoisotopic (exact) mass is 184 g/mol. The van der Waals surface area contributed by atoms with E-state index in [-0.39, 0.29) is 11.3 Å². The van der Waals surface area contributed by atoms with Crippen LogP contribution in [0.15, 0.2) is 5.16 Å². The number of carbonyl (C=O) groups is 1. The molecule has 0 amide bonds. The highest BCUT2D eigenvalue weighted by Crippen LogP contribution is 2.30. The molecule has 5 nitrogen and oxygen atoms in total. The summed E-state index contributed by atoms with van der Waals surface area (Å²) in [5, 5.41) is 15.5. The molecule has 0 radical (unpaired) electrons. The van der Waals surface area contributed by atoms with Gasteiger partial charge in [-0.15, -0.1) is 0 Å². The fraction of sp³-hybridized carbons (Fsp3) is 0.750. The fourth-order valence-corrected chi connectivity index (χ4v) is 1.81. The van der Waals surface area contributed by atoms with E-state index in [1.54, 1.807) is 0 Å². The summed E-state index contributed by atoms with van der Waals surface area (Å²) in [5.41, 5.74) is -0.227. The summed E-state index contributed by atoms with van der Waals surface area (Å²) in [6, 6.07) is 0. The Labute approximate surface area is 75.8 Å². The van der Waals surface area contributed by atoms with Crippen molar-refractivity contribution >= 4 is 11.7 Å². The van der Waals surface area contributed by atoms with Gasteiger partial charge in [0.15, 0.2) is 11.3 Å². The second-order valence-electron chi connectivity index (χ2n) is 3.57. The molecule has 1 saturated heterocycles. The number of hydrogen-bond acceptors (Lipinski definition) is 4. The zero-order chi connectivity index (χ0) is 9.31. The number of piperidine rings is 1. The normalized spacial score (nSPS) is 32.8. The minimum atomic E-state index is -0.970. The number of rotatable bonds is 1. The predicted molar refractivity (Wildman–Crippen MR) is 45.6 cm³/mol. The lowest BCUT2D eigenvalue weighted by molar-refractivity contribution is -0.129. The van der Waals surface area contributed by atoms with Gasteiger partial charge in [0, 0.05) is 13.0 Å². The predicted octanol–water partition coefficient (Wildman–Crippen LogP) is -0.0305. The Morgan fingerprint density at radius 2 is 2.54 bits per heavy atom. The summed E-state index contributed by atoms with van der Waals surface area (Å²) >= 11 is 0. The number of nitrogens with zero attached hydrogens (tertiary/aromatic N) is 1. The number of carboxylic acids is 1. The first-order valence-corrected chi connectivity index (χ1v) is 4.41. The van der Waals surface area contributed by atoms with Gasteiger partial charge in [0.2, 0.25) is 0 Å². The van der Waals surface area contributed by atoms with Crippen molar-refractivity contribution in [3.05, 3.63) is 0 Å². The molecule has 13 heavy (non-hydrogen) atoms. The van der Waals surface area contributed by atoms with E-state index < -0.39 is 5.97 Å². The third kappa shape index (κ3) is 1.51. The van der Waals surface area contributed by atoms with Gasteiger partial charge < -0.3 is 15.3 Å². The molecule has 0 bridgehead atoms. The molecule has 1 atom stereocenters. The van der Waals surface area contributed by atoms with Crippen LogP contribution >= 0.6 is 0 Å². The van der Waals surface area contributed by atoms with Crippen LogP contribution in [-0.4, -0.2) is 35.5 Å². The topological polar surface area (TPSA) is 70.9 Å². The first-order chi connectivity index (χ1) is 6.22. The first-order valence-electron chi connectivity index (χ1n) is 4.41. The average molecular weight is 184 g/mol. The van der Waals surface area contributed by atoms with E-state index in [2.05, 4.69) is 10.5 Å². The Balaban J connectivity index is 2.02. The number of hydrogen-bond donors (Lipinski definition) is 2. The highest BCUT2D eigenvalue weighted by molar-refractivity contribution is 6.36. The molecule has 2 aliphatic heterocycles. The van der Waals surface area contributed by atoms with E-state index in [0.29, 0.717) is 13.0 Å². The van der Waals surface area contributed by atoms with Crippen LogP contribution in [0.2, 0.25) is 0 Å². The van der Waals surface area contributed by atoms with Gasteiger partial charge in [-0.2, -0.15) is 0 Å². The second kappa shape index (κ2) is 2.99. The zero-order valence-corrected chi connectivity index (χ0v) is 7.25. The van der Waals surface area contributed by atoms with Crippen molar-refractivity contribution < 1.29 is 14.7 Å². The molecular formula is C8H12N2O3. The van der Waals surface area contributed by atoms with Crippen LogP contribution in [0.25, 0.3) is 0 Å². The van der Waals surface area contributed by atoms with Gasteiger partial charge >= 0.3 is 5.97 Å². The number of nitrogens with one attached hydrogen (secondary N) is 1. The number of aliphatic carboxylic acids is 1. The van der Waals surface area contributed by atoms with Gasteiger partial charge in [-0.05, 0) is 19.4 Å². The molecule has 0 saturated carbocycles. The Kier molecular flexibility index (Phi) is 1.95. The lowest BCUT2D eigenvalue weighted by Gasteiger charge is -2.30. The summed E-state index contributed by atoms with van der Waals surface area (Å²) in [5.74, 6) is -0.970. The van der Waals surface area contributed by atoms with Crippen LogP contribution < -0.4 is 5.32 Å². The van der Waals surface area contributed by atoms with Crippen molar-refractivity contribution in [1.82, 2.24) is 5.32 Å². The van der Waals surface area contributed by atoms with E-state index >= 15 is 0 Å². The van der Waals surface area contributed by atoms with Crippen LogP contribution in [-0.2, 0) is 9.63 Å². The minimum absolute atomic E-state index is 0.142. The SMILES string of the molecule is O=C(O)C1=NOC2(CCCNC2)C1. The quantitative estimate of drug-likeness (QED) is 0.600. The van der Waals surface area contributed by atoms with Gasteiger partial charge in [0.1, 0.15) is 0 Å². The van der Waals surface area contributed by atoms with E-state index in [9.17, 15) is 4.79 Å². The highest BCUT2D eigenvalue weighted by Gasteiger charge is 2.42. The van der Waals surface area contributed by atoms with Crippen molar-refractivity contribution in [2.24, 2.45) is 5.16 Å². The Bertz CT molecular complexity index is 256. The van der Waals surface area contributed by atoms with Crippen molar-refractivity contribution in [1.29, 1.82) is 0 Å². The van der Waals surface area contributed by atoms with Crippen LogP contribution in [0.1, 0.15) is 19.3 Å². The molecule has 2 heterocycles. The third-order valence-corrected chi connectivity index (χ3v) is 2.52. The molecular weight excluding hydrogens is 172 g/mol. The molecule has 0 aromatic heterocycles. The maximum absolute atomic E-state index is 10.6. The molecule has 1 spiro atoms. The van der Waals surface area contributed by atoms with Gasteiger partial charge in [-0.3, -0.25) is 0 Å². The summed E-state index contributed by atoms with van der Waals surface area (Å²) < 4.78 is 0. The molecule has 2 N–H and O–H groups in total. The molecule has 1 unspecified atom stereocenters. The van der Waals surface area contributed by atoms with Gasteiger partial charge in [0.05, 0.1) is 0 Å². The Morgan fingerprint density at radius 3 is 3.08 bits per heavy atom. The van der Waals surface area contributed by atoms with E-state index in [0.717, 1.165) is 19.4 Å². The lowest BCUT2D eigenvalue weighted by Crippen LogP contribution is -2.46. The first kappa shape index (κ1) is 8.50. The van der Waals surface area contributed by atoms with Crippen LogP contribution in [0.4, 0.5) is 0 Å². The van der Waals surface area contributed by atoms with Gasteiger partial charge in [0.25, 0.3) is 0 Å². The van der Waals surface area contributed by atoms with Crippen LogP contribution in [0, 0.1) is 0 Å². The largest absolute Gasteiger partial charge is 0.477 e. The summed E-state index contributed by atoms with van der Waals surface area (Å²) in [4.78, 5) is 15.8. The molecule has 0 aromatic carbocycles. The van der Waals surface area contributed by atoms with Crippen LogP contribution in [0.3, 0.4) is 0 Å². The number of oxime groups is 1. The molecule has 1 fully saturated rings. The molecule has 0 aliphatic carbocycles. The molecule has 72 valence electrons. The van der Waals surface area contributed by atoms with E-state index in [4.69, 9.17) is 9.94 Å². The number of carboxylic acid groups (broad SMARTS) is 1. The molecule has 5 heteroatoms. The fourth-order valence-electron chi connectivity index (χ4n) is 1.81. The van der Waals surface area contributed by atoms with E-state index in [1.165, 1.54) is 0 Å². The summed E-state index contributed by atoms with van der Waals surface area (Å²) in [6.45, 7) is 1.68. The van der Waals surface area contributed by atoms with Crippen LogP contribution in [0.5, 0.6) is 0 Å². The average Bonchev–Trinajstić information content (AvgIpc) is 2.51. The van der Waals surface area contributed by atoms with Gasteiger partial charge in [-0.1, -0.05) is 5.16 Å². The zero-order valence-electron chi connectivity index (χ0n) is 7.25. The van der Waals surface area contributed by atoms with Crippen molar-refractivity contribution in [3.8, 4) is 0 Å². The van der Waals surface area contributed by atoms with Crippen molar-refractivity contribution in [3.63, 3.8) is 0 Å². The van der Waals surface area contributed by atoms with E-state index in [1.807, 2.05) is 0 Å². The van der Waals surface area contributed by atoms with Gasteiger partial charge in [-0.25, -0.2) is 4.79 Å². The molecule has 2 rings (SSSR count). The maximum atomic E-state index is 10.6. The van der Waals surface area contributed by atoms with Crippen molar-refractivity contribution in [2.75, 3.05) is 13.1 Å². The Hall–Kier alpha value is -1.10. The summed E-state index contributed by atoms with van der Waals surface area (Å²) in [6.07, 6.45) is 2.33. The minimum Gasteiger partial charge on any atom is -0.477 e. The molecule has 0 aromatic rings. The van der Waals surface area contributed by atoms with Crippen molar-refractivity contribution in [2.45, 2.75) is 24.9 Å². The second-order valence-corrected chi connectivity index (χ2v) is 3.57. The molecule has 2 aliphatic rings. The maximum Gasteiger partial charge on any atom is 0.353 e.